The third-order valence-electron chi connectivity index (χ3n) is 4.70. The monoisotopic (exact) mass is 411 g/mol. The molecule has 2 heterocycles. The number of rotatable bonds is 6. The van der Waals surface area contributed by atoms with E-state index in [4.69, 9.17) is 4.74 Å². The van der Waals surface area contributed by atoms with Crippen molar-refractivity contribution in [2.24, 2.45) is 0 Å². The van der Waals surface area contributed by atoms with Gasteiger partial charge in [0.25, 0.3) is 0 Å². The van der Waals surface area contributed by atoms with Gasteiger partial charge in [-0.05, 0) is 59.6 Å². The average molecular weight is 412 g/mol. The summed E-state index contributed by atoms with van der Waals surface area (Å²) in [5, 5.41) is 1.21. The molecular formula is C21H22BrN3O. The van der Waals surface area contributed by atoms with E-state index in [2.05, 4.69) is 62.5 Å². The summed E-state index contributed by atoms with van der Waals surface area (Å²) < 4.78 is 9.39. The second-order valence-electron chi connectivity index (χ2n) is 6.62. The fourth-order valence-electron chi connectivity index (χ4n) is 3.34. The van der Waals surface area contributed by atoms with E-state index in [1.807, 2.05) is 24.3 Å². The van der Waals surface area contributed by atoms with Crippen LogP contribution in [0.1, 0.15) is 31.3 Å². The van der Waals surface area contributed by atoms with E-state index in [0.29, 0.717) is 6.61 Å². The highest BCUT2D eigenvalue weighted by molar-refractivity contribution is 9.10. The molecule has 2 aromatic heterocycles. The summed E-state index contributed by atoms with van der Waals surface area (Å²) in [4.78, 5) is 7.88. The minimum absolute atomic E-state index is 0.411. The SMILES string of the molecule is CCCCn1c(C)cc2cc(OCc3nc4ccccc4[nH]3)c(Br)cc21. The molecular weight excluding hydrogens is 390 g/mol. The Labute approximate surface area is 161 Å². The zero-order chi connectivity index (χ0) is 18.1. The van der Waals surface area contributed by atoms with Crippen LogP contribution in [0.3, 0.4) is 0 Å². The maximum absolute atomic E-state index is 6.04. The summed E-state index contributed by atoms with van der Waals surface area (Å²) in [5.41, 5.74) is 4.53. The van der Waals surface area contributed by atoms with Crippen LogP contribution < -0.4 is 4.74 Å². The Balaban J connectivity index is 1.59. The van der Waals surface area contributed by atoms with Gasteiger partial charge in [0.05, 0.1) is 15.5 Å². The molecule has 0 aliphatic heterocycles. The largest absolute Gasteiger partial charge is 0.484 e. The lowest BCUT2D eigenvalue weighted by Crippen LogP contribution is -2.00. The summed E-state index contributed by atoms with van der Waals surface area (Å²) in [6, 6.07) is 14.5. The highest BCUT2D eigenvalue weighted by Gasteiger charge is 2.11. The number of aromatic nitrogens is 3. The second kappa shape index (κ2) is 7.16. The van der Waals surface area contributed by atoms with Gasteiger partial charge in [0, 0.05) is 23.1 Å². The van der Waals surface area contributed by atoms with E-state index in [9.17, 15) is 0 Å². The molecule has 4 nitrogen and oxygen atoms in total. The number of hydrogen-bond acceptors (Lipinski definition) is 2. The van der Waals surface area contributed by atoms with Gasteiger partial charge in [-0.25, -0.2) is 4.98 Å². The number of unbranched alkanes of at least 4 members (excludes halogenated alkanes) is 1. The van der Waals surface area contributed by atoms with E-state index < -0.39 is 0 Å². The van der Waals surface area contributed by atoms with Gasteiger partial charge in [-0.15, -0.1) is 0 Å². The number of hydrogen-bond donors (Lipinski definition) is 1. The number of nitrogens with zero attached hydrogens (tertiary/aromatic N) is 2. The van der Waals surface area contributed by atoms with Gasteiger partial charge in [-0.2, -0.15) is 0 Å². The first-order valence-corrected chi connectivity index (χ1v) is 9.81. The van der Waals surface area contributed by atoms with E-state index in [-0.39, 0.29) is 0 Å². The molecule has 26 heavy (non-hydrogen) atoms. The molecule has 0 bridgehead atoms. The number of ether oxygens (including phenoxy) is 1. The molecule has 0 aliphatic carbocycles. The molecule has 5 heteroatoms. The lowest BCUT2D eigenvalue weighted by Gasteiger charge is -2.10. The first kappa shape index (κ1) is 17.2. The number of imidazole rings is 1. The second-order valence-corrected chi connectivity index (χ2v) is 7.48. The summed E-state index contributed by atoms with van der Waals surface area (Å²) >= 11 is 3.67. The molecule has 0 unspecified atom stereocenters. The van der Waals surface area contributed by atoms with Crippen LogP contribution in [-0.2, 0) is 13.2 Å². The van der Waals surface area contributed by atoms with Crippen LogP contribution in [0.15, 0.2) is 46.9 Å². The number of aryl methyl sites for hydroxylation is 2. The molecule has 1 N–H and O–H groups in total. The molecule has 0 atom stereocenters. The van der Waals surface area contributed by atoms with Crippen molar-refractivity contribution in [3.8, 4) is 5.75 Å². The third-order valence-corrected chi connectivity index (χ3v) is 5.32. The van der Waals surface area contributed by atoms with Gasteiger partial charge in [0.2, 0.25) is 0 Å². The highest BCUT2D eigenvalue weighted by Crippen LogP contribution is 2.33. The molecule has 0 fully saturated rings. The molecule has 134 valence electrons. The lowest BCUT2D eigenvalue weighted by atomic mass is 10.2. The fourth-order valence-corrected chi connectivity index (χ4v) is 3.79. The maximum Gasteiger partial charge on any atom is 0.146 e. The van der Waals surface area contributed by atoms with Crippen molar-refractivity contribution >= 4 is 37.9 Å². The number of halogens is 1. The van der Waals surface area contributed by atoms with Gasteiger partial charge in [-0.3, -0.25) is 0 Å². The Bertz CT molecular complexity index is 1030. The van der Waals surface area contributed by atoms with Crippen molar-refractivity contribution in [1.29, 1.82) is 0 Å². The van der Waals surface area contributed by atoms with Gasteiger partial charge in [0.1, 0.15) is 18.2 Å². The number of para-hydroxylation sites is 2. The standard InChI is InChI=1S/C21H22BrN3O/c1-3-4-9-25-14(2)10-15-11-20(16(22)12-19(15)25)26-13-21-23-17-7-5-6-8-18(17)24-21/h5-8,10-12H,3-4,9,13H2,1-2H3,(H,23,24). The van der Waals surface area contributed by atoms with E-state index in [1.54, 1.807) is 0 Å². The van der Waals surface area contributed by atoms with Crippen molar-refractivity contribution in [2.45, 2.75) is 39.8 Å². The van der Waals surface area contributed by atoms with E-state index in [0.717, 1.165) is 33.6 Å². The first-order chi connectivity index (χ1) is 12.7. The number of fused-ring (bicyclic) bond motifs is 2. The molecule has 4 rings (SSSR count). The quantitative estimate of drug-likeness (QED) is 0.424. The lowest BCUT2D eigenvalue weighted by molar-refractivity contribution is 0.296. The van der Waals surface area contributed by atoms with E-state index in [1.165, 1.54) is 29.4 Å². The summed E-state index contributed by atoms with van der Waals surface area (Å²) in [6.45, 7) is 5.85. The Morgan fingerprint density at radius 3 is 2.85 bits per heavy atom. The molecule has 0 amide bonds. The summed E-state index contributed by atoms with van der Waals surface area (Å²) in [7, 11) is 0. The zero-order valence-electron chi connectivity index (χ0n) is 15.1. The van der Waals surface area contributed by atoms with Crippen LogP contribution in [0, 0.1) is 6.92 Å². The smallest absolute Gasteiger partial charge is 0.146 e. The minimum atomic E-state index is 0.411. The number of nitrogens with one attached hydrogen (secondary N) is 1. The van der Waals surface area contributed by atoms with Crippen molar-refractivity contribution in [3.05, 3.63) is 58.5 Å². The summed E-state index contributed by atoms with van der Waals surface area (Å²) in [5.74, 6) is 1.67. The van der Waals surface area contributed by atoms with Crippen LogP contribution in [0.4, 0.5) is 0 Å². The fraction of sp³-hybridized carbons (Fsp3) is 0.286. The predicted octanol–water partition coefficient (Wildman–Crippen LogP) is 5.97. The van der Waals surface area contributed by atoms with Crippen LogP contribution in [0.25, 0.3) is 21.9 Å². The molecule has 0 aliphatic rings. The Morgan fingerprint density at radius 1 is 1.19 bits per heavy atom. The molecule has 0 spiro atoms. The van der Waals surface area contributed by atoms with Crippen LogP contribution in [-0.4, -0.2) is 14.5 Å². The van der Waals surface area contributed by atoms with Crippen molar-refractivity contribution < 1.29 is 4.74 Å². The zero-order valence-corrected chi connectivity index (χ0v) is 16.6. The molecule has 0 saturated heterocycles. The highest BCUT2D eigenvalue weighted by atomic mass is 79.9. The van der Waals surface area contributed by atoms with Crippen molar-refractivity contribution in [2.75, 3.05) is 0 Å². The Hall–Kier alpha value is -2.27. The van der Waals surface area contributed by atoms with Gasteiger partial charge >= 0.3 is 0 Å². The third kappa shape index (κ3) is 3.23. The first-order valence-electron chi connectivity index (χ1n) is 9.01. The molecule has 0 saturated carbocycles. The molecule has 4 aromatic rings. The van der Waals surface area contributed by atoms with Crippen LogP contribution >= 0.6 is 15.9 Å². The van der Waals surface area contributed by atoms with Gasteiger partial charge in [0.15, 0.2) is 0 Å². The normalized spacial score (nSPS) is 11.5. The Kier molecular flexibility index (Phi) is 4.72. The number of H-pyrrole nitrogens is 1. The average Bonchev–Trinajstić information content (AvgIpc) is 3.18. The number of aromatic amines is 1. The molecule has 0 radical (unpaired) electrons. The molecule has 2 aromatic carbocycles. The van der Waals surface area contributed by atoms with Crippen molar-refractivity contribution in [1.82, 2.24) is 14.5 Å². The van der Waals surface area contributed by atoms with Crippen molar-refractivity contribution in [3.63, 3.8) is 0 Å². The van der Waals surface area contributed by atoms with E-state index >= 15 is 0 Å². The Morgan fingerprint density at radius 2 is 2.04 bits per heavy atom. The van der Waals surface area contributed by atoms with Crippen LogP contribution in [0.5, 0.6) is 5.75 Å². The van der Waals surface area contributed by atoms with Crippen LogP contribution in [0.2, 0.25) is 0 Å². The van der Waals surface area contributed by atoms with Gasteiger partial charge < -0.3 is 14.3 Å². The topological polar surface area (TPSA) is 42.8 Å². The predicted molar refractivity (Wildman–Crippen MR) is 110 cm³/mol. The minimum Gasteiger partial charge on any atom is -0.484 e. The maximum atomic E-state index is 6.04. The number of benzene rings is 2. The summed E-state index contributed by atoms with van der Waals surface area (Å²) in [6.07, 6.45) is 2.38. The van der Waals surface area contributed by atoms with Gasteiger partial charge in [-0.1, -0.05) is 25.5 Å².